The van der Waals surface area contributed by atoms with E-state index in [1.165, 1.54) is 5.56 Å². The zero-order valence-corrected chi connectivity index (χ0v) is 13.0. The summed E-state index contributed by atoms with van der Waals surface area (Å²) in [5.74, 6) is 1.79. The molecule has 2 aromatic rings. The zero-order chi connectivity index (χ0) is 14.9. The molecule has 0 N–H and O–H groups in total. The number of aromatic nitrogens is 2. The van der Waals surface area contributed by atoms with Crippen LogP contribution in [0.25, 0.3) is 0 Å². The van der Waals surface area contributed by atoms with Crippen LogP contribution in [-0.2, 0) is 11.2 Å². The van der Waals surface area contributed by atoms with Crippen molar-refractivity contribution in [3.63, 3.8) is 0 Å². The fraction of sp³-hybridized carbons (Fsp3) is 0.375. The van der Waals surface area contributed by atoms with E-state index in [1.807, 2.05) is 24.4 Å². The van der Waals surface area contributed by atoms with Crippen LogP contribution in [0.4, 0.5) is 17.5 Å². The second kappa shape index (κ2) is 5.74. The Hall–Kier alpha value is -1.85. The largest absolute Gasteiger partial charge is 0.378 e. The topological polar surface area (TPSA) is 41.5 Å². The van der Waals surface area contributed by atoms with E-state index in [-0.39, 0.29) is 0 Å². The van der Waals surface area contributed by atoms with Crippen LogP contribution in [0, 0.1) is 0 Å². The van der Waals surface area contributed by atoms with Gasteiger partial charge in [-0.15, -0.1) is 0 Å². The standard InChI is InChI=1S/C16H17ClN4O/c17-13-2-1-3-14(10-13)21-5-4-12-11-18-16(19-15(12)21)20-6-8-22-9-7-20/h1-3,10-11H,4-9H2. The third kappa shape index (κ3) is 2.51. The predicted octanol–water partition coefficient (Wildman–Crippen LogP) is 2.66. The van der Waals surface area contributed by atoms with E-state index in [2.05, 4.69) is 20.9 Å². The second-order valence-electron chi connectivity index (χ2n) is 5.50. The molecule has 0 amide bonds. The number of hydrogen-bond donors (Lipinski definition) is 0. The lowest BCUT2D eigenvalue weighted by Crippen LogP contribution is -2.37. The Bertz CT molecular complexity index is 688. The summed E-state index contributed by atoms with van der Waals surface area (Å²) in [7, 11) is 0. The fourth-order valence-electron chi connectivity index (χ4n) is 2.95. The Labute approximate surface area is 134 Å². The summed E-state index contributed by atoms with van der Waals surface area (Å²) in [6, 6.07) is 7.91. The molecule has 4 rings (SSSR count). The van der Waals surface area contributed by atoms with E-state index in [9.17, 15) is 0 Å². The molecule has 1 aromatic carbocycles. The summed E-state index contributed by atoms with van der Waals surface area (Å²) >= 11 is 6.12. The van der Waals surface area contributed by atoms with Crippen molar-refractivity contribution in [2.75, 3.05) is 42.6 Å². The molecule has 1 saturated heterocycles. The Balaban J connectivity index is 1.68. The van der Waals surface area contributed by atoms with Crippen LogP contribution >= 0.6 is 11.6 Å². The highest BCUT2D eigenvalue weighted by Crippen LogP contribution is 2.34. The molecule has 2 aliphatic rings. The van der Waals surface area contributed by atoms with Crippen LogP contribution < -0.4 is 9.80 Å². The first-order chi connectivity index (χ1) is 10.8. The molecular formula is C16H17ClN4O. The predicted molar refractivity (Wildman–Crippen MR) is 87.2 cm³/mol. The van der Waals surface area contributed by atoms with Crippen LogP contribution in [0.15, 0.2) is 30.5 Å². The van der Waals surface area contributed by atoms with Crippen LogP contribution in [-0.4, -0.2) is 42.8 Å². The second-order valence-corrected chi connectivity index (χ2v) is 5.94. The number of anilines is 3. The molecule has 0 radical (unpaired) electrons. The molecule has 0 spiro atoms. The molecule has 5 nitrogen and oxygen atoms in total. The average molecular weight is 317 g/mol. The summed E-state index contributed by atoms with van der Waals surface area (Å²) in [6.07, 6.45) is 2.92. The molecular weight excluding hydrogens is 300 g/mol. The molecule has 114 valence electrons. The molecule has 0 unspecified atom stereocenters. The molecule has 0 saturated carbocycles. The van der Waals surface area contributed by atoms with Gasteiger partial charge in [-0.25, -0.2) is 4.98 Å². The number of benzene rings is 1. The summed E-state index contributed by atoms with van der Waals surface area (Å²) in [5, 5.41) is 0.744. The first kappa shape index (κ1) is 13.8. The number of rotatable bonds is 2. The van der Waals surface area contributed by atoms with Gasteiger partial charge in [-0.1, -0.05) is 17.7 Å². The van der Waals surface area contributed by atoms with Gasteiger partial charge in [0.2, 0.25) is 5.95 Å². The van der Waals surface area contributed by atoms with Gasteiger partial charge < -0.3 is 14.5 Å². The van der Waals surface area contributed by atoms with Crippen molar-refractivity contribution >= 4 is 29.1 Å². The van der Waals surface area contributed by atoms with Crippen molar-refractivity contribution in [3.05, 3.63) is 41.0 Å². The Morgan fingerprint density at radius 3 is 2.82 bits per heavy atom. The summed E-state index contributed by atoms with van der Waals surface area (Å²) in [4.78, 5) is 13.7. The highest BCUT2D eigenvalue weighted by molar-refractivity contribution is 6.30. The molecule has 0 bridgehead atoms. The molecule has 1 aromatic heterocycles. The van der Waals surface area contributed by atoms with Gasteiger partial charge in [0, 0.05) is 42.1 Å². The first-order valence-electron chi connectivity index (χ1n) is 7.53. The van der Waals surface area contributed by atoms with Crippen LogP contribution in [0.3, 0.4) is 0 Å². The monoisotopic (exact) mass is 316 g/mol. The molecule has 0 atom stereocenters. The number of morpholine rings is 1. The van der Waals surface area contributed by atoms with Crippen LogP contribution in [0.1, 0.15) is 5.56 Å². The van der Waals surface area contributed by atoms with Crippen molar-refractivity contribution in [3.8, 4) is 0 Å². The van der Waals surface area contributed by atoms with Gasteiger partial charge in [0.25, 0.3) is 0 Å². The van der Waals surface area contributed by atoms with E-state index in [1.54, 1.807) is 0 Å². The minimum absolute atomic E-state index is 0.735. The highest BCUT2D eigenvalue weighted by Gasteiger charge is 2.25. The van der Waals surface area contributed by atoms with Crippen molar-refractivity contribution in [2.45, 2.75) is 6.42 Å². The maximum absolute atomic E-state index is 6.12. The van der Waals surface area contributed by atoms with Crippen molar-refractivity contribution < 1.29 is 4.74 Å². The van der Waals surface area contributed by atoms with Gasteiger partial charge in [0.05, 0.1) is 13.2 Å². The minimum Gasteiger partial charge on any atom is -0.378 e. The molecule has 3 heterocycles. The Kier molecular flexibility index (Phi) is 3.60. The number of fused-ring (bicyclic) bond motifs is 1. The number of halogens is 1. The van der Waals surface area contributed by atoms with Gasteiger partial charge in [-0.05, 0) is 24.6 Å². The number of hydrogen-bond acceptors (Lipinski definition) is 5. The SMILES string of the molecule is Clc1cccc(N2CCc3cnc(N4CCOCC4)nc32)c1. The lowest BCUT2D eigenvalue weighted by atomic mass is 10.3. The van der Waals surface area contributed by atoms with Crippen molar-refractivity contribution in [2.24, 2.45) is 0 Å². The Morgan fingerprint density at radius 1 is 1.14 bits per heavy atom. The normalized spacial score (nSPS) is 17.7. The molecule has 1 fully saturated rings. The maximum Gasteiger partial charge on any atom is 0.227 e. The van der Waals surface area contributed by atoms with E-state index >= 15 is 0 Å². The average Bonchev–Trinajstić information content (AvgIpc) is 2.99. The van der Waals surface area contributed by atoms with Gasteiger partial charge >= 0.3 is 0 Å². The maximum atomic E-state index is 6.12. The van der Waals surface area contributed by atoms with E-state index in [0.717, 1.165) is 61.7 Å². The van der Waals surface area contributed by atoms with Gasteiger partial charge in [0.15, 0.2) is 0 Å². The molecule has 22 heavy (non-hydrogen) atoms. The third-order valence-electron chi connectivity index (χ3n) is 4.10. The third-order valence-corrected chi connectivity index (χ3v) is 4.34. The molecule has 2 aliphatic heterocycles. The first-order valence-corrected chi connectivity index (χ1v) is 7.91. The lowest BCUT2D eigenvalue weighted by molar-refractivity contribution is 0.122. The van der Waals surface area contributed by atoms with E-state index in [0.29, 0.717) is 0 Å². The molecule has 0 aliphatic carbocycles. The van der Waals surface area contributed by atoms with E-state index in [4.69, 9.17) is 21.3 Å². The lowest BCUT2D eigenvalue weighted by Gasteiger charge is -2.27. The fourth-order valence-corrected chi connectivity index (χ4v) is 3.13. The zero-order valence-electron chi connectivity index (χ0n) is 12.2. The van der Waals surface area contributed by atoms with Crippen LogP contribution in [0.2, 0.25) is 5.02 Å². The smallest absolute Gasteiger partial charge is 0.227 e. The molecule has 6 heteroatoms. The van der Waals surface area contributed by atoms with Crippen molar-refractivity contribution in [1.82, 2.24) is 9.97 Å². The van der Waals surface area contributed by atoms with Gasteiger partial charge in [0.1, 0.15) is 5.82 Å². The minimum atomic E-state index is 0.735. The number of ether oxygens (including phenoxy) is 1. The van der Waals surface area contributed by atoms with Crippen LogP contribution in [0.5, 0.6) is 0 Å². The van der Waals surface area contributed by atoms with Crippen molar-refractivity contribution in [1.29, 1.82) is 0 Å². The number of nitrogens with zero attached hydrogens (tertiary/aromatic N) is 4. The van der Waals surface area contributed by atoms with E-state index < -0.39 is 0 Å². The van der Waals surface area contributed by atoms with Gasteiger partial charge in [-0.2, -0.15) is 4.98 Å². The summed E-state index contributed by atoms with van der Waals surface area (Å²) < 4.78 is 5.40. The highest BCUT2D eigenvalue weighted by atomic mass is 35.5. The van der Waals surface area contributed by atoms with Gasteiger partial charge in [-0.3, -0.25) is 0 Å². The summed E-state index contributed by atoms with van der Waals surface area (Å²) in [5.41, 5.74) is 2.27. The quantitative estimate of drug-likeness (QED) is 0.852. The summed E-state index contributed by atoms with van der Waals surface area (Å²) in [6.45, 7) is 4.07. The Morgan fingerprint density at radius 2 is 2.00 bits per heavy atom.